The van der Waals surface area contributed by atoms with Crippen molar-refractivity contribution < 1.29 is 20.1 Å². The quantitative estimate of drug-likeness (QED) is 0.717. The second-order valence-corrected chi connectivity index (χ2v) is 9.25. The molecule has 1 aromatic rings. The smallest absolute Gasteiger partial charge is 0.165 e. The molecule has 1 spiro atoms. The molecule has 148 valence electrons. The highest BCUT2D eigenvalue weighted by Crippen LogP contribution is 2.65. The van der Waals surface area contributed by atoms with E-state index in [0.29, 0.717) is 18.6 Å². The van der Waals surface area contributed by atoms with Crippen LogP contribution in [0.15, 0.2) is 12.1 Å². The molecule has 1 aromatic carbocycles. The van der Waals surface area contributed by atoms with Gasteiger partial charge in [0.2, 0.25) is 0 Å². The minimum Gasteiger partial charge on any atom is -0.504 e. The Balaban J connectivity index is 0.00000160. The van der Waals surface area contributed by atoms with E-state index >= 15 is 0 Å². The summed E-state index contributed by atoms with van der Waals surface area (Å²) < 4.78 is 6.16. The van der Waals surface area contributed by atoms with Gasteiger partial charge in [0, 0.05) is 18.2 Å². The summed E-state index contributed by atoms with van der Waals surface area (Å²) in [6.45, 7) is 2.02. The molecule has 2 unspecified atom stereocenters. The number of rotatable bonds is 2. The molecule has 3 fully saturated rings. The lowest BCUT2D eigenvalue weighted by atomic mass is 9.48. The van der Waals surface area contributed by atoms with Crippen LogP contribution in [0.5, 0.6) is 11.5 Å². The molecule has 2 heterocycles. The van der Waals surface area contributed by atoms with Crippen molar-refractivity contribution in [2.75, 3.05) is 13.1 Å². The van der Waals surface area contributed by atoms with Gasteiger partial charge in [-0.2, -0.15) is 0 Å². The van der Waals surface area contributed by atoms with Crippen molar-refractivity contribution in [1.82, 2.24) is 4.90 Å². The molecule has 0 aromatic heterocycles. The van der Waals surface area contributed by atoms with E-state index in [1.165, 1.54) is 24.8 Å². The molecule has 27 heavy (non-hydrogen) atoms. The maximum absolute atomic E-state index is 12.1. The van der Waals surface area contributed by atoms with Gasteiger partial charge in [0.15, 0.2) is 11.5 Å². The van der Waals surface area contributed by atoms with Gasteiger partial charge in [-0.15, -0.1) is 12.4 Å². The number of halogens is 1. The first-order valence-corrected chi connectivity index (χ1v) is 10.2. The van der Waals surface area contributed by atoms with E-state index in [1.54, 1.807) is 6.07 Å². The molecule has 1 saturated heterocycles. The van der Waals surface area contributed by atoms with E-state index in [0.717, 1.165) is 37.4 Å². The third-order valence-corrected chi connectivity index (χ3v) is 8.26. The number of aromatic hydroxyl groups is 1. The highest BCUT2D eigenvalue weighted by atomic mass is 35.5. The lowest BCUT2D eigenvalue weighted by Gasteiger charge is -2.64. The lowest BCUT2D eigenvalue weighted by molar-refractivity contribution is -0.209. The maximum Gasteiger partial charge on any atom is 0.165 e. The van der Waals surface area contributed by atoms with Crippen LogP contribution in [-0.4, -0.2) is 57.2 Å². The van der Waals surface area contributed by atoms with E-state index < -0.39 is 23.2 Å². The van der Waals surface area contributed by atoms with Gasteiger partial charge in [-0.3, -0.25) is 4.90 Å². The molecule has 6 heteroatoms. The summed E-state index contributed by atoms with van der Waals surface area (Å²) in [5.74, 6) is 1.42. The molecule has 6 rings (SSSR count). The van der Waals surface area contributed by atoms with Crippen molar-refractivity contribution >= 4 is 12.4 Å². The van der Waals surface area contributed by atoms with Crippen LogP contribution in [0.1, 0.15) is 49.7 Å². The summed E-state index contributed by atoms with van der Waals surface area (Å²) >= 11 is 0. The third kappa shape index (κ3) is 2.01. The summed E-state index contributed by atoms with van der Waals surface area (Å²) in [5.41, 5.74) is 0.712. The first-order chi connectivity index (χ1) is 12.5. The summed E-state index contributed by atoms with van der Waals surface area (Å²) in [7, 11) is 0. The van der Waals surface area contributed by atoms with Gasteiger partial charge < -0.3 is 20.1 Å². The minimum absolute atomic E-state index is 0. The summed E-state index contributed by atoms with van der Waals surface area (Å²) in [6, 6.07) is 3.80. The van der Waals surface area contributed by atoms with Gasteiger partial charge in [0.1, 0.15) is 6.10 Å². The molecule has 5 nitrogen and oxygen atoms in total. The number of ether oxygens (including phenoxy) is 1. The Morgan fingerprint density at radius 3 is 2.74 bits per heavy atom. The van der Waals surface area contributed by atoms with Crippen molar-refractivity contribution in [2.24, 2.45) is 5.92 Å². The maximum atomic E-state index is 12.1. The number of aliphatic hydroxyl groups is 2. The fourth-order valence-corrected chi connectivity index (χ4v) is 6.83. The van der Waals surface area contributed by atoms with Crippen LogP contribution in [0.2, 0.25) is 0 Å². The predicted molar refractivity (Wildman–Crippen MR) is 103 cm³/mol. The second kappa shape index (κ2) is 5.76. The number of piperidine rings is 1. The van der Waals surface area contributed by atoms with Crippen molar-refractivity contribution in [3.05, 3.63) is 23.3 Å². The highest BCUT2D eigenvalue weighted by Gasteiger charge is 2.72. The van der Waals surface area contributed by atoms with Crippen molar-refractivity contribution in [3.63, 3.8) is 0 Å². The molecular formula is C21H28ClNO4. The number of nitrogens with zero attached hydrogens (tertiary/aromatic N) is 1. The average Bonchev–Trinajstić information content (AvgIpc) is 2.93. The van der Waals surface area contributed by atoms with Gasteiger partial charge in [-0.25, -0.2) is 0 Å². The summed E-state index contributed by atoms with van der Waals surface area (Å²) in [5, 5.41) is 33.2. The fourth-order valence-electron chi connectivity index (χ4n) is 6.83. The topological polar surface area (TPSA) is 73.2 Å². The van der Waals surface area contributed by atoms with Gasteiger partial charge in [0.05, 0.1) is 17.1 Å². The molecule has 3 aliphatic carbocycles. The van der Waals surface area contributed by atoms with Crippen LogP contribution in [-0.2, 0) is 11.8 Å². The number of likely N-dealkylation sites (tertiary alicyclic amines) is 1. The standard InChI is InChI=1S/C21H27NO4.ClH/c23-14-5-4-13-10-16-21(25)7-6-15(24)19-20(21,17(13)18(14)26-19)8-9-22(16)11-12-2-1-3-12;/h4-5,12,15-16,19,23-25H,1-3,6-11H2;1H/t15-,16?,19-,20-,21?;/m0./s1. The van der Waals surface area contributed by atoms with E-state index in [1.807, 2.05) is 6.07 Å². The van der Waals surface area contributed by atoms with Gasteiger partial charge in [-0.1, -0.05) is 12.5 Å². The number of phenolic OH excluding ortho intramolecular Hbond substituents is 1. The van der Waals surface area contributed by atoms with E-state index in [9.17, 15) is 15.3 Å². The molecule has 0 amide bonds. The third-order valence-electron chi connectivity index (χ3n) is 8.26. The van der Waals surface area contributed by atoms with E-state index in [2.05, 4.69) is 4.90 Å². The Morgan fingerprint density at radius 2 is 2.00 bits per heavy atom. The number of hydrogen-bond acceptors (Lipinski definition) is 5. The number of hydrogen-bond donors (Lipinski definition) is 3. The van der Waals surface area contributed by atoms with Crippen LogP contribution in [0.4, 0.5) is 0 Å². The molecule has 5 aliphatic rings. The predicted octanol–water partition coefficient (Wildman–Crippen LogP) is 2.13. The number of phenols is 1. The Bertz CT molecular complexity index is 784. The summed E-state index contributed by atoms with van der Waals surface area (Å²) in [6.07, 6.45) is 5.68. The molecule has 2 saturated carbocycles. The fraction of sp³-hybridized carbons (Fsp3) is 0.714. The molecular weight excluding hydrogens is 366 g/mol. The highest BCUT2D eigenvalue weighted by molar-refractivity contribution is 5.85. The SMILES string of the molecule is Cl.Oc1ccc2c3c1O[C@H]1[C@@H](O)CCC4(O)C(C2)N(CC2CCC2)CC[C@]314. The largest absolute Gasteiger partial charge is 0.504 e. The Kier molecular flexibility index (Phi) is 3.85. The van der Waals surface area contributed by atoms with E-state index in [4.69, 9.17) is 4.74 Å². The van der Waals surface area contributed by atoms with Crippen molar-refractivity contribution in [2.45, 2.75) is 74.2 Å². The monoisotopic (exact) mass is 393 g/mol. The zero-order chi connectivity index (χ0) is 17.7. The van der Waals surface area contributed by atoms with Crippen LogP contribution in [0.3, 0.4) is 0 Å². The number of aliphatic hydroxyl groups excluding tert-OH is 1. The Hall–Kier alpha value is -1.01. The molecule has 2 aliphatic heterocycles. The Labute approximate surface area is 165 Å². The first kappa shape index (κ1) is 18.0. The molecule has 2 bridgehead atoms. The number of benzene rings is 1. The summed E-state index contributed by atoms with van der Waals surface area (Å²) in [4.78, 5) is 2.53. The Morgan fingerprint density at radius 1 is 1.19 bits per heavy atom. The average molecular weight is 394 g/mol. The minimum atomic E-state index is -0.884. The van der Waals surface area contributed by atoms with Crippen LogP contribution < -0.4 is 4.74 Å². The van der Waals surface area contributed by atoms with Crippen LogP contribution in [0.25, 0.3) is 0 Å². The van der Waals surface area contributed by atoms with Gasteiger partial charge >= 0.3 is 0 Å². The molecule has 0 radical (unpaired) electrons. The van der Waals surface area contributed by atoms with E-state index in [-0.39, 0.29) is 24.2 Å². The zero-order valence-corrected chi connectivity index (χ0v) is 16.2. The van der Waals surface area contributed by atoms with Crippen LogP contribution in [0, 0.1) is 5.92 Å². The first-order valence-electron chi connectivity index (χ1n) is 10.2. The van der Waals surface area contributed by atoms with Gasteiger partial charge in [-0.05, 0) is 62.6 Å². The normalized spacial score (nSPS) is 41.9. The van der Waals surface area contributed by atoms with Crippen molar-refractivity contribution in [1.29, 1.82) is 0 Å². The van der Waals surface area contributed by atoms with Crippen LogP contribution >= 0.6 is 12.4 Å². The molecule has 5 atom stereocenters. The molecule has 3 N–H and O–H groups in total. The van der Waals surface area contributed by atoms with Crippen molar-refractivity contribution in [3.8, 4) is 11.5 Å². The second-order valence-electron chi connectivity index (χ2n) is 9.25. The van der Waals surface area contributed by atoms with Gasteiger partial charge in [0.25, 0.3) is 0 Å². The zero-order valence-electron chi connectivity index (χ0n) is 15.4. The lowest BCUT2D eigenvalue weighted by Crippen LogP contribution is -2.77.